The van der Waals surface area contributed by atoms with Gasteiger partial charge in [0.25, 0.3) is 5.91 Å². The fraction of sp³-hybridized carbons (Fsp3) is 0.533. The van der Waals surface area contributed by atoms with E-state index >= 15 is 0 Å². The van der Waals surface area contributed by atoms with Crippen LogP contribution in [0.1, 0.15) is 18.1 Å². The standard InChI is InChI=1S/C15H22N2O4S/c1-4-22(19,20)16-8-14-9-17(15(18)10-21-14)13-6-11(2)5-12(3)7-13/h5-7,14,16H,4,8-10H2,1-3H3. The Kier molecular flexibility index (Phi) is 5.20. The molecular weight excluding hydrogens is 304 g/mol. The average Bonchev–Trinajstić information content (AvgIpc) is 2.45. The number of carbonyl (C=O) groups excluding carboxylic acids is 1. The first-order chi connectivity index (χ1) is 10.3. The van der Waals surface area contributed by atoms with Gasteiger partial charge in [0.2, 0.25) is 10.0 Å². The Hall–Kier alpha value is -1.44. The first-order valence-corrected chi connectivity index (χ1v) is 8.93. The van der Waals surface area contributed by atoms with Crippen LogP contribution in [0.15, 0.2) is 18.2 Å². The molecule has 6 nitrogen and oxygen atoms in total. The SMILES string of the molecule is CCS(=O)(=O)NCC1CN(c2cc(C)cc(C)c2)C(=O)CO1. The Balaban J connectivity index is 2.09. The summed E-state index contributed by atoms with van der Waals surface area (Å²) in [4.78, 5) is 13.7. The molecule has 0 spiro atoms. The zero-order valence-electron chi connectivity index (χ0n) is 13.1. The first kappa shape index (κ1) is 16.9. The molecule has 1 atom stereocenters. The Morgan fingerprint density at radius 3 is 2.50 bits per heavy atom. The number of morpholine rings is 1. The zero-order valence-corrected chi connectivity index (χ0v) is 13.9. The van der Waals surface area contributed by atoms with Gasteiger partial charge in [0.1, 0.15) is 6.61 Å². The molecule has 0 aliphatic carbocycles. The first-order valence-electron chi connectivity index (χ1n) is 7.28. The second kappa shape index (κ2) is 6.76. The normalized spacial score (nSPS) is 19.5. The van der Waals surface area contributed by atoms with Gasteiger partial charge in [-0.15, -0.1) is 0 Å². The Labute approximate surface area is 131 Å². The maximum absolute atomic E-state index is 12.1. The van der Waals surface area contributed by atoms with E-state index in [-0.39, 0.29) is 30.9 Å². The lowest BCUT2D eigenvalue weighted by Crippen LogP contribution is -2.50. The minimum atomic E-state index is -3.26. The molecule has 2 rings (SSSR count). The van der Waals surface area contributed by atoms with Gasteiger partial charge in [0, 0.05) is 12.2 Å². The largest absolute Gasteiger partial charge is 0.365 e. The molecule has 1 fully saturated rings. The number of benzene rings is 1. The molecule has 1 aromatic rings. The summed E-state index contributed by atoms with van der Waals surface area (Å²) in [7, 11) is -3.26. The van der Waals surface area contributed by atoms with Crippen LogP contribution >= 0.6 is 0 Å². The number of rotatable bonds is 5. The van der Waals surface area contributed by atoms with Crippen molar-refractivity contribution in [1.82, 2.24) is 4.72 Å². The fourth-order valence-electron chi connectivity index (χ4n) is 2.43. The van der Waals surface area contributed by atoms with Crippen LogP contribution in [0, 0.1) is 13.8 Å². The summed E-state index contributed by atoms with van der Waals surface area (Å²) < 4.78 is 30.9. The van der Waals surface area contributed by atoms with Gasteiger partial charge in [0.05, 0.1) is 18.4 Å². The highest BCUT2D eigenvalue weighted by Gasteiger charge is 2.28. The quantitative estimate of drug-likeness (QED) is 0.875. The number of aryl methyl sites for hydroxylation is 2. The van der Waals surface area contributed by atoms with Crippen molar-refractivity contribution in [1.29, 1.82) is 0 Å². The summed E-state index contributed by atoms with van der Waals surface area (Å²) in [5.74, 6) is -0.0843. The third-order valence-electron chi connectivity index (χ3n) is 3.56. The van der Waals surface area contributed by atoms with E-state index in [1.165, 1.54) is 0 Å². The molecule has 7 heteroatoms. The number of nitrogens with one attached hydrogen (secondary N) is 1. The van der Waals surface area contributed by atoms with E-state index in [4.69, 9.17) is 4.74 Å². The molecule has 1 aliphatic rings. The van der Waals surface area contributed by atoms with E-state index < -0.39 is 10.0 Å². The molecule has 1 heterocycles. The van der Waals surface area contributed by atoms with Crippen molar-refractivity contribution < 1.29 is 17.9 Å². The van der Waals surface area contributed by atoms with Gasteiger partial charge in [-0.3, -0.25) is 4.79 Å². The molecule has 1 unspecified atom stereocenters. The van der Waals surface area contributed by atoms with Crippen molar-refractivity contribution in [3.05, 3.63) is 29.3 Å². The lowest BCUT2D eigenvalue weighted by molar-refractivity contribution is -0.129. The summed E-state index contributed by atoms with van der Waals surface area (Å²) in [5.41, 5.74) is 2.99. The van der Waals surface area contributed by atoms with Crippen molar-refractivity contribution in [2.75, 3.05) is 30.3 Å². The molecule has 22 heavy (non-hydrogen) atoms. The van der Waals surface area contributed by atoms with Gasteiger partial charge < -0.3 is 9.64 Å². The molecule has 1 saturated heterocycles. The Morgan fingerprint density at radius 1 is 1.27 bits per heavy atom. The minimum absolute atomic E-state index is 0.0272. The van der Waals surface area contributed by atoms with Crippen LogP contribution in [-0.2, 0) is 19.6 Å². The number of ether oxygens (including phenoxy) is 1. The van der Waals surface area contributed by atoms with E-state index in [1.807, 2.05) is 32.0 Å². The van der Waals surface area contributed by atoms with E-state index in [2.05, 4.69) is 4.72 Å². The summed E-state index contributed by atoms with van der Waals surface area (Å²) in [6.45, 7) is 6.02. The third kappa shape index (κ3) is 4.28. The number of amides is 1. The summed E-state index contributed by atoms with van der Waals surface area (Å²) >= 11 is 0. The molecule has 1 N–H and O–H groups in total. The number of carbonyl (C=O) groups is 1. The smallest absolute Gasteiger partial charge is 0.253 e. The second-order valence-electron chi connectivity index (χ2n) is 5.54. The Bertz CT molecular complexity index is 637. The molecule has 1 amide bonds. The highest BCUT2D eigenvalue weighted by molar-refractivity contribution is 7.89. The molecule has 0 radical (unpaired) electrons. The number of nitrogens with zero attached hydrogens (tertiary/aromatic N) is 1. The van der Waals surface area contributed by atoms with Gasteiger partial charge in [-0.1, -0.05) is 6.07 Å². The van der Waals surface area contributed by atoms with Crippen molar-refractivity contribution >= 4 is 21.6 Å². The van der Waals surface area contributed by atoms with Crippen LogP contribution in [0.2, 0.25) is 0 Å². The molecular formula is C15H22N2O4S. The number of hydrogen-bond acceptors (Lipinski definition) is 4. The van der Waals surface area contributed by atoms with Crippen LogP contribution in [0.25, 0.3) is 0 Å². The van der Waals surface area contributed by atoms with Gasteiger partial charge in [-0.25, -0.2) is 13.1 Å². The van der Waals surface area contributed by atoms with Gasteiger partial charge in [-0.05, 0) is 44.0 Å². The maximum Gasteiger partial charge on any atom is 0.253 e. The lowest BCUT2D eigenvalue weighted by Gasteiger charge is -2.33. The number of sulfonamides is 1. The average molecular weight is 326 g/mol. The minimum Gasteiger partial charge on any atom is -0.365 e. The molecule has 1 aromatic carbocycles. The van der Waals surface area contributed by atoms with Crippen LogP contribution in [-0.4, -0.2) is 45.9 Å². The van der Waals surface area contributed by atoms with Crippen LogP contribution in [0.3, 0.4) is 0 Å². The highest BCUT2D eigenvalue weighted by Crippen LogP contribution is 2.21. The highest BCUT2D eigenvalue weighted by atomic mass is 32.2. The van der Waals surface area contributed by atoms with E-state index in [9.17, 15) is 13.2 Å². The molecule has 0 saturated carbocycles. The van der Waals surface area contributed by atoms with E-state index in [0.717, 1.165) is 16.8 Å². The summed E-state index contributed by atoms with van der Waals surface area (Å²) in [6.07, 6.45) is -0.347. The zero-order chi connectivity index (χ0) is 16.3. The molecule has 0 bridgehead atoms. The lowest BCUT2D eigenvalue weighted by atomic mass is 10.1. The fourth-order valence-corrected chi connectivity index (χ4v) is 3.07. The van der Waals surface area contributed by atoms with Gasteiger partial charge >= 0.3 is 0 Å². The van der Waals surface area contributed by atoms with Crippen molar-refractivity contribution in [3.8, 4) is 0 Å². The summed E-state index contributed by atoms with van der Waals surface area (Å²) in [6, 6.07) is 5.94. The summed E-state index contributed by atoms with van der Waals surface area (Å²) in [5, 5.41) is 0. The van der Waals surface area contributed by atoms with Crippen LogP contribution in [0.4, 0.5) is 5.69 Å². The number of anilines is 1. The van der Waals surface area contributed by atoms with Gasteiger partial charge in [0.15, 0.2) is 0 Å². The third-order valence-corrected chi connectivity index (χ3v) is 4.93. The Morgan fingerprint density at radius 2 is 1.91 bits per heavy atom. The topological polar surface area (TPSA) is 75.7 Å². The van der Waals surface area contributed by atoms with Gasteiger partial charge in [-0.2, -0.15) is 0 Å². The maximum atomic E-state index is 12.1. The van der Waals surface area contributed by atoms with E-state index in [1.54, 1.807) is 11.8 Å². The number of hydrogen-bond donors (Lipinski definition) is 1. The predicted molar refractivity (Wildman–Crippen MR) is 85.5 cm³/mol. The van der Waals surface area contributed by atoms with Crippen LogP contribution in [0.5, 0.6) is 0 Å². The predicted octanol–water partition coefficient (Wildman–Crippen LogP) is 0.975. The second-order valence-corrected chi connectivity index (χ2v) is 7.63. The van der Waals surface area contributed by atoms with Crippen molar-refractivity contribution in [2.24, 2.45) is 0 Å². The monoisotopic (exact) mass is 326 g/mol. The van der Waals surface area contributed by atoms with Crippen molar-refractivity contribution in [3.63, 3.8) is 0 Å². The molecule has 0 aromatic heterocycles. The van der Waals surface area contributed by atoms with Crippen molar-refractivity contribution in [2.45, 2.75) is 26.9 Å². The van der Waals surface area contributed by atoms with E-state index in [0.29, 0.717) is 6.54 Å². The molecule has 1 aliphatic heterocycles. The van der Waals surface area contributed by atoms with Crippen LogP contribution < -0.4 is 9.62 Å². The molecule has 122 valence electrons.